The van der Waals surface area contributed by atoms with Crippen molar-refractivity contribution in [3.63, 3.8) is 0 Å². The van der Waals surface area contributed by atoms with E-state index in [4.69, 9.17) is 4.74 Å². The molecule has 0 amide bonds. The lowest BCUT2D eigenvalue weighted by Crippen LogP contribution is -2.35. The van der Waals surface area contributed by atoms with Crippen molar-refractivity contribution in [2.24, 2.45) is 0 Å². The summed E-state index contributed by atoms with van der Waals surface area (Å²) >= 11 is 0. The SMILES string of the molecule is Cc1ccc(OCC2(O)CCCC2)c(CNC(C)(C)C)c1. The van der Waals surface area contributed by atoms with Gasteiger partial charge in [-0.15, -0.1) is 0 Å². The summed E-state index contributed by atoms with van der Waals surface area (Å²) in [5.74, 6) is 0.887. The molecule has 1 aromatic carbocycles. The third-order valence-electron chi connectivity index (χ3n) is 4.06. The van der Waals surface area contributed by atoms with Crippen LogP contribution in [-0.2, 0) is 6.54 Å². The van der Waals surface area contributed by atoms with Gasteiger partial charge in [0.1, 0.15) is 12.4 Å². The molecule has 2 N–H and O–H groups in total. The summed E-state index contributed by atoms with van der Waals surface area (Å²) in [6.45, 7) is 9.74. The van der Waals surface area contributed by atoms with Crippen molar-refractivity contribution in [3.05, 3.63) is 29.3 Å². The van der Waals surface area contributed by atoms with Crippen LogP contribution >= 0.6 is 0 Å². The maximum Gasteiger partial charge on any atom is 0.123 e. The summed E-state index contributed by atoms with van der Waals surface area (Å²) in [5, 5.41) is 13.9. The highest BCUT2D eigenvalue weighted by molar-refractivity contribution is 5.37. The van der Waals surface area contributed by atoms with E-state index in [0.29, 0.717) is 6.61 Å². The van der Waals surface area contributed by atoms with Gasteiger partial charge in [-0.2, -0.15) is 0 Å². The molecule has 0 radical (unpaired) electrons. The van der Waals surface area contributed by atoms with E-state index in [1.807, 2.05) is 6.07 Å². The van der Waals surface area contributed by atoms with Gasteiger partial charge in [0.2, 0.25) is 0 Å². The summed E-state index contributed by atoms with van der Waals surface area (Å²) in [5.41, 5.74) is 1.84. The number of hydrogen-bond acceptors (Lipinski definition) is 3. The molecule has 0 unspecified atom stereocenters. The minimum Gasteiger partial charge on any atom is -0.490 e. The van der Waals surface area contributed by atoms with E-state index in [1.54, 1.807) is 0 Å². The molecule has 1 saturated carbocycles. The van der Waals surface area contributed by atoms with Crippen molar-refractivity contribution in [2.75, 3.05) is 6.61 Å². The molecular formula is C18H29NO2. The molecule has 0 spiro atoms. The molecule has 0 aromatic heterocycles. The molecular weight excluding hydrogens is 262 g/mol. The first kappa shape index (κ1) is 16.3. The largest absolute Gasteiger partial charge is 0.490 e. The molecule has 0 atom stereocenters. The fourth-order valence-corrected chi connectivity index (χ4v) is 2.74. The van der Waals surface area contributed by atoms with Crippen LogP contribution in [-0.4, -0.2) is 22.9 Å². The van der Waals surface area contributed by atoms with E-state index in [-0.39, 0.29) is 5.54 Å². The number of benzene rings is 1. The zero-order valence-corrected chi connectivity index (χ0v) is 13.8. The molecule has 0 bridgehead atoms. The lowest BCUT2D eigenvalue weighted by Gasteiger charge is -2.25. The zero-order valence-electron chi connectivity index (χ0n) is 13.8. The van der Waals surface area contributed by atoms with Crippen LogP contribution in [0.3, 0.4) is 0 Å². The molecule has 1 aliphatic rings. The average molecular weight is 291 g/mol. The molecule has 118 valence electrons. The van der Waals surface area contributed by atoms with E-state index < -0.39 is 5.60 Å². The van der Waals surface area contributed by atoms with Gasteiger partial charge in [0.05, 0.1) is 5.60 Å². The van der Waals surface area contributed by atoms with Gasteiger partial charge in [-0.05, 0) is 46.6 Å². The van der Waals surface area contributed by atoms with Crippen LogP contribution in [0.2, 0.25) is 0 Å². The second-order valence-electron chi connectivity index (χ2n) is 7.43. The Hall–Kier alpha value is -1.06. The van der Waals surface area contributed by atoms with E-state index in [9.17, 15) is 5.11 Å². The Labute approximate surface area is 128 Å². The highest BCUT2D eigenvalue weighted by Gasteiger charge is 2.32. The number of rotatable bonds is 5. The summed E-state index contributed by atoms with van der Waals surface area (Å²) in [4.78, 5) is 0. The second-order valence-corrected chi connectivity index (χ2v) is 7.43. The third kappa shape index (κ3) is 5.01. The van der Waals surface area contributed by atoms with Crippen LogP contribution in [0.4, 0.5) is 0 Å². The average Bonchev–Trinajstić information content (AvgIpc) is 2.82. The standard InChI is InChI=1S/C18H29NO2/c1-14-7-8-16(15(11-14)12-19-17(2,3)4)21-13-18(20)9-5-6-10-18/h7-8,11,19-20H,5-6,9-10,12-13H2,1-4H3. The quantitative estimate of drug-likeness (QED) is 0.871. The Balaban J connectivity index is 2.04. The van der Waals surface area contributed by atoms with Gasteiger partial charge in [-0.3, -0.25) is 0 Å². The Morgan fingerprint density at radius 1 is 1.24 bits per heavy atom. The van der Waals surface area contributed by atoms with Crippen molar-refractivity contribution in [1.29, 1.82) is 0 Å². The molecule has 0 saturated heterocycles. The smallest absolute Gasteiger partial charge is 0.123 e. The van der Waals surface area contributed by atoms with Gasteiger partial charge in [0, 0.05) is 17.6 Å². The van der Waals surface area contributed by atoms with Gasteiger partial charge in [0.15, 0.2) is 0 Å². The molecule has 1 aromatic rings. The highest BCUT2D eigenvalue weighted by atomic mass is 16.5. The Morgan fingerprint density at radius 2 is 1.90 bits per heavy atom. The van der Waals surface area contributed by atoms with Gasteiger partial charge in [-0.1, -0.05) is 30.5 Å². The highest BCUT2D eigenvalue weighted by Crippen LogP contribution is 2.31. The molecule has 3 heteroatoms. The predicted molar refractivity (Wildman–Crippen MR) is 86.7 cm³/mol. The molecule has 1 fully saturated rings. The van der Waals surface area contributed by atoms with Gasteiger partial charge >= 0.3 is 0 Å². The predicted octanol–water partition coefficient (Wildman–Crippen LogP) is 3.57. The number of aryl methyl sites for hydroxylation is 1. The molecule has 2 rings (SSSR count). The van der Waals surface area contributed by atoms with Gasteiger partial charge in [-0.25, -0.2) is 0 Å². The van der Waals surface area contributed by atoms with Crippen LogP contribution in [0, 0.1) is 6.92 Å². The Bertz CT molecular complexity index is 471. The second kappa shape index (κ2) is 6.37. The summed E-state index contributed by atoms with van der Waals surface area (Å²) in [7, 11) is 0. The van der Waals surface area contributed by atoms with Crippen LogP contribution in [0.25, 0.3) is 0 Å². The van der Waals surface area contributed by atoms with Gasteiger partial charge < -0.3 is 15.2 Å². The number of ether oxygens (including phenoxy) is 1. The summed E-state index contributed by atoms with van der Waals surface area (Å²) in [6, 6.07) is 6.24. The monoisotopic (exact) mass is 291 g/mol. The fourth-order valence-electron chi connectivity index (χ4n) is 2.74. The first-order chi connectivity index (χ1) is 9.77. The molecule has 1 aliphatic carbocycles. The van der Waals surface area contributed by atoms with Gasteiger partial charge in [0.25, 0.3) is 0 Å². The van der Waals surface area contributed by atoms with E-state index in [0.717, 1.165) is 43.5 Å². The Morgan fingerprint density at radius 3 is 2.52 bits per heavy atom. The maximum atomic E-state index is 10.4. The number of aliphatic hydroxyl groups is 1. The molecule has 0 heterocycles. The van der Waals surface area contributed by atoms with Crippen molar-refractivity contribution in [1.82, 2.24) is 5.32 Å². The van der Waals surface area contributed by atoms with Crippen molar-refractivity contribution in [3.8, 4) is 5.75 Å². The molecule has 0 aliphatic heterocycles. The van der Waals surface area contributed by atoms with E-state index in [2.05, 4.69) is 45.1 Å². The minimum atomic E-state index is -0.625. The van der Waals surface area contributed by atoms with Crippen molar-refractivity contribution >= 4 is 0 Å². The number of nitrogens with one attached hydrogen (secondary N) is 1. The zero-order chi connectivity index (χ0) is 15.5. The fraction of sp³-hybridized carbons (Fsp3) is 0.667. The van der Waals surface area contributed by atoms with E-state index >= 15 is 0 Å². The Kier molecular flexibility index (Phi) is 4.95. The van der Waals surface area contributed by atoms with Crippen LogP contribution in [0.1, 0.15) is 57.6 Å². The van der Waals surface area contributed by atoms with Crippen LogP contribution < -0.4 is 10.1 Å². The van der Waals surface area contributed by atoms with Crippen molar-refractivity contribution < 1.29 is 9.84 Å². The summed E-state index contributed by atoms with van der Waals surface area (Å²) < 4.78 is 5.95. The molecule has 3 nitrogen and oxygen atoms in total. The first-order valence-corrected chi connectivity index (χ1v) is 7.97. The van der Waals surface area contributed by atoms with Crippen LogP contribution in [0.15, 0.2) is 18.2 Å². The minimum absolute atomic E-state index is 0.0741. The number of hydrogen-bond donors (Lipinski definition) is 2. The lowest BCUT2D eigenvalue weighted by atomic mass is 10.0. The maximum absolute atomic E-state index is 10.4. The van der Waals surface area contributed by atoms with E-state index in [1.165, 1.54) is 5.56 Å². The third-order valence-corrected chi connectivity index (χ3v) is 4.06. The first-order valence-electron chi connectivity index (χ1n) is 7.97. The van der Waals surface area contributed by atoms with Crippen molar-refractivity contribution in [2.45, 2.75) is 71.1 Å². The topological polar surface area (TPSA) is 41.5 Å². The normalized spacial score (nSPS) is 18.0. The van der Waals surface area contributed by atoms with Crippen LogP contribution in [0.5, 0.6) is 5.75 Å². The lowest BCUT2D eigenvalue weighted by molar-refractivity contribution is 0.00108. The molecule has 21 heavy (non-hydrogen) atoms. The summed E-state index contributed by atoms with van der Waals surface area (Å²) in [6.07, 6.45) is 3.92.